The van der Waals surface area contributed by atoms with Gasteiger partial charge in [-0.2, -0.15) is 0 Å². The van der Waals surface area contributed by atoms with Crippen LogP contribution in [-0.4, -0.2) is 59.5 Å². The Balaban J connectivity index is 1.12. The van der Waals surface area contributed by atoms with E-state index >= 15 is 0 Å². The van der Waals surface area contributed by atoms with Crippen molar-refractivity contribution in [3.05, 3.63) is 58.8 Å². The van der Waals surface area contributed by atoms with Crippen LogP contribution in [-0.2, 0) is 22.4 Å². The van der Waals surface area contributed by atoms with Crippen LogP contribution in [0.3, 0.4) is 0 Å². The van der Waals surface area contributed by atoms with E-state index in [2.05, 4.69) is 17.4 Å². The van der Waals surface area contributed by atoms with Gasteiger partial charge in [0.15, 0.2) is 0 Å². The van der Waals surface area contributed by atoms with Crippen molar-refractivity contribution in [1.82, 2.24) is 9.88 Å². The van der Waals surface area contributed by atoms with Crippen molar-refractivity contribution in [3.8, 4) is 0 Å². The standard InChI is InChI=1S/C27H34FN3O3/c28-23-16-31(25(27(32)33)22-9-2-1-8-21(22)18-10-11-18)17-24(23)34-15-4-3-7-20-13-12-19-6-5-14-29-26(19)30-20/h1-2,8-9,12-13,18,23-25H,3-7,10-11,14-17H2,(H,29,30)(H,32,33)/t23-,24+,25-/m1/s1. The van der Waals surface area contributed by atoms with E-state index in [-0.39, 0.29) is 6.54 Å². The van der Waals surface area contributed by atoms with E-state index in [1.165, 1.54) is 5.56 Å². The average molecular weight is 468 g/mol. The normalized spacial score (nSPS) is 23.3. The molecule has 0 unspecified atom stereocenters. The molecule has 0 radical (unpaired) electrons. The number of rotatable bonds is 10. The summed E-state index contributed by atoms with van der Waals surface area (Å²) in [6.07, 6.45) is 5.28. The van der Waals surface area contributed by atoms with Gasteiger partial charge in [-0.15, -0.1) is 0 Å². The topological polar surface area (TPSA) is 74.7 Å². The molecule has 2 aliphatic heterocycles. The molecular formula is C27H34FN3O3. The number of halogens is 1. The maximum Gasteiger partial charge on any atom is 0.325 e. The van der Waals surface area contributed by atoms with E-state index in [0.717, 1.165) is 74.1 Å². The average Bonchev–Trinajstić information content (AvgIpc) is 3.62. The van der Waals surface area contributed by atoms with Gasteiger partial charge in [-0.3, -0.25) is 9.69 Å². The van der Waals surface area contributed by atoms with E-state index in [0.29, 0.717) is 19.1 Å². The number of hydrogen-bond donors (Lipinski definition) is 2. The molecule has 6 nitrogen and oxygen atoms in total. The molecule has 3 heterocycles. The summed E-state index contributed by atoms with van der Waals surface area (Å²) in [5.74, 6) is 0.532. The smallest absolute Gasteiger partial charge is 0.325 e. The number of aromatic nitrogens is 1. The molecule has 2 N–H and O–H groups in total. The predicted octanol–water partition coefficient (Wildman–Crippen LogP) is 4.50. The summed E-state index contributed by atoms with van der Waals surface area (Å²) in [6.45, 7) is 1.84. The van der Waals surface area contributed by atoms with Crippen molar-refractivity contribution in [1.29, 1.82) is 0 Å². The van der Waals surface area contributed by atoms with Crippen LogP contribution >= 0.6 is 0 Å². The van der Waals surface area contributed by atoms with E-state index in [9.17, 15) is 14.3 Å². The molecular weight excluding hydrogens is 433 g/mol. The molecule has 1 aromatic carbocycles. The number of fused-ring (bicyclic) bond motifs is 1. The molecule has 2 fully saturated rings. The zero-order valence-electron chi connectivity index (χ0n) is 19.6. The van der Waals surface area contributed by atoms with Crippen molar-refractivity contribution >= 4 is 11.8 Å². The number of carboxylic acid groups (broad SMARTS) is 1. The third-order valence-electron chi connectivity index (χ3n) is 7.24. The van der Waals surface area contributed by atoms with Crippen molar-refractivity contribution in [2.45, 2.75) is 69.2 Å². The number of ether oxygens (including phenoxy) is 1. The zero-order valence-corrected chi connectivity index (χ0v) is 19.6. The van der Waals surface area contributed by atoms with Gasteiger partial charge in [-0.05, 0) is 73.6 Å². The lowest BCUT2D eigenvalue weighted by Gasteiger charge is -2.26. The Morgan fingerprint density at radius 3 is 2.88 bits per heavy atom. The number of alkyl halides is 1. The highest BCUT2D eigenvalue weighted by molar-refractivity contribution is 5.76. The number of hydrogen-bond acceptors (Lipinski definition) is 5. The summed E-state index contributed by atoms with van der Waals surface area (Å²) in [6, 6.07) is 11.2. The van der Waals surface area contributed by atoms with Crippen LogP contribution in [0.1, 0.15) is 66.4 Å². The van der Waals surface area contributed by atoms with Crippen LogP contribution < -0.4 is 5.32 Å². The number of carbonyl (C=O) groups is 1. The van der Waals surface area contributed by atoms with Gasteiger partial charge in [-0.25, -0.2) is 9.37 Å². The number of nitrogens with one attached hydrogen (secondary N) is 1. The van der Waals surface area contributed by atoms with Gasteiger partial charge in [0.2, 0.25) is 0 Å². The second-order valence-corrected chi connectivity index (χ2v) is 9.82. The molecule has 7 heteroatoms. The zero-order chi connectivity index (χ0) is 23.5. The SMILES string of the molecule is O=C(O)[C@@H](c1ccccc1C1CC1)N1C[C@@H](F)[C@@H](OCCCCc2ccc3c(n2)NCCC3)C1. The van der Waals surface area contributed by atoms with Gasteiger partial charge in [-0.1, -0.05) is 30.3 Å². The van der Waals surface area contributed by atoms with Gasteiger partial charge in [0.25, 0.3) is 0 Å². The number of unbranched alkanes of at least 4 members (excludes halogenated alkanes) is 1. The van der Waals surface area contributed by atoms with Gasteiger partial charge in [0, 0.05) is 31.9 Å². The summed E-state index contributed by atoms with van der Waals surface area (Å²) in [4.78, 5) is 18.7. The quantitative estimate of drug-likeness (QED) is 0.501. The minimum absolute atomic E-state index is 0.0900. The molecule has 1 saturated carbocycles. The lowest BCUT2D eigenvalue weighted by molar-refractivity contribution is -0.143. The Hall–Kier alpha value is -2.51. The Kier molecular flexibility index (Phi) is 7.11. The summed E-state index contributed by atoms with van der Waals surface area (Å²) in [5, 5.41) is 13.4. The van der Waals surface area contributed by atoms with Crippen LogP contribution in [0.2, 0.25) is 0 Å². The molecule has 5 rings (SSSR count). The number of likely N-dealkylation sites (tertiary alicyclic amines) is 1. The summed E-state index contributed by atoms with van der Waals surface area (Å²) in [5.41, 5.74) is 4.26. The van der Waals surface area contributed by atoms with E-state index in [4.69, 9.17) is 9.72 Å². The van der Waals surface area contributed by atoms with Gasteiger partial charge in [0.05, 0.1) is 0 Å². The molecule has 1 saturated heterocycles. The summed E-state index contributed by atoms with van der Waals surface area (Å²) < 4.78 is 20.7. The molecule has 182 valence electrons. The first-order chi connectivity index (χ1) is 16.6. The molecule has 3 aliphatic rings. The number of benzene rings is 1. The van der Waals surface area contributed by atoms with Crippen LogP contribution in [0.25, 0.3) is 0 Å². The van der Waals surface area contributed by atoms with Crippen LogP contribution in [0.5, 0.6) is 0 Å². The number of pyridine rings is 1. The molecule has 3 atom stereocenters. The predicted molar refractivity (Wildman–Crippen MR) is 129 cm³/mol. The first-order valence-electron chi connectivity index (χ1n) is 12.6. The largest absolute Gasteiger partial charge is 0.480 e. The molecule has 34 heavy (non-hydrogen) atoms. The van der Waals surface area contributed by atoms with Crippen LogP contribution in [0.4, 0.5) is 10.2 Å². The number of carboxylic acids is 1. The molecule has 1 aromatic heterocycles. The second kappa shape index (κ2) is 10.4. The maximum absolute atomic E-state index is 14.8. The highest BCUT2D eigenvalue weighted by Gasteiger charge is 2.42. The summed E-state index contributed by atoms with van der Waals surface area (Å²) in [7, 11) is 0. The van der Waals surface area contributed by atoms with E-state index < -0.39 is 24.3 Å². The third-order valence-corrected chi connectivity index (χ3v) is 7.24. The van der Waals surface area contributed by atoms with Crippen LogP contribution in [0, 0.1) is 0 Å². The van der Waals surface area contributed by atoms with Gasteiger partial charge >= 0.3 is 5.97 Å². The van der Waals surface area contributed by atoms with Crippen molar-refractivity contribution in [2.24, 2.45) is 0 Å². The Morgan fingerprint density at radius 2 is 2.06 bits per heavy atom. The van der Waals surface area contributed by atoms with Gasteiger partial charge < -0.3 is 15.2 Å². The first-order valence-corrected chi connectivity index (χ1v) is 12.6. The number of anilines is 1. The third kappa shape index (κ3) is 5.26. The highest BCUT2D eigenvalue weighted by atomic mass is 19.1. The summed E-state index contributed by atoms with van der Waals surface area (Å²) >= 11 is 0. The molecule has 1 aliphatic carbocycles. The van der Waals surface area contributed by atoms with Crippen molar-refractivity contribution < 1.29 is 19.0 Å². The molecule has 0 spiro atoms. The lowest BCUT2D eigenvalue weighted by atomic mass is 9.96. The molecule has 2 aromatic rings. The lowest BCUT2D eigenvalue weighted by Crippen LogP contribution is -2.34. The monoisotopic (exact) mass is 467 g/mol. The molecule has 0 amide bonds. The minimum Gasteiger partial charge on any atom is -0.480 e. The van der Waals surface area contributed by atoms with E-state index in [1.807, 2.05) is 24.3 Å². The maximum atomic E-state index is 14.8. The number of nitrogens with zero attached hydrogens (tertiary/aromatic N) is 2. The second-order valence-electron chi connectivity index (χ2n) is 9.82. The fourth-order valence-electron chi connectivity index (χ4n) is 5.29. The Bertz CT molecular complexity index is 1010. The fraction of sp³-hybridized carbons (Fsp3) is 0.556. The highest BCUT2D eigenvalue weighted by Crippen LogP contribution is 2.44. The number of aliphatic carboxylic acids is 1. The first kappa shape index (κ1) is 23.2. The number of aryl methyl sites for hydroxylation is 2. The van der Waals surface area contributed by atoms with Crippen LogP contribution in [0.15, 0.2) is 36.4 Å². The van der Waals surface area contributed by atoms with E-state index in [1.54, 1.807) is 4.90 Å². The van der Waals surface area contributed by atoms with Crippen molar-refractivity contribution in [3.63, 3.8) is 0 Å². The van der Waals surface area contributed by atoms with Crippen molar-refractivity contribution in [2.75, 3.05) is 31.6 Å². The fourth-order valence-corrected chi connectivity index (χ4v) is 5.29. The Labute approximate surface area is 200 Å². The minimum atomic E-state index is -1.18. The van der Waals surface area contributed by atoms with Gasteiger partial charge in [0.1, 0.15) is 24.1 Å². The Morgan fingerprint density at radius 1 is 1.21 bits per heavy atom. The molecule has 0 bridgehead atoms.